The lowest BCUT2D eigenvalue weighted by molar-refractivity contribution is -0.902. The van der Waals surface area contributed by atoms with Gasteiger partial charge in [-0.3, -0.25) is 4.79 Å². The molecule has 23 heavy (non-hydrogen) atoms. The van der Waals surface area contributed by atoms with E-state index in [0.29, 0.717) is 23.0 Å². The number of rotatable bonds is 6. The van der Waals surface area contributed by atoms with Crippen molar-refractivity contribution in [2.24, 2.45) is 0 Å². The van der Waals surface area contributed by atoms with Crippen molar-refractivity contribution in [2.75, 3.05) is 26.0 Å². The number of hydrogen-bond donors (Lipinski definition) is 2. The van der Waals surface area contributed by atoms with Gasteiger partial charge in [-0.25, -0.2) is 0 Å². The molecule has 0 aromatic heterocycles. The number of hydrogen-bond acceptors (Lipinski definition) is 2. The first kappa shape index (κ1) is 17.3. The van der Waals surface area contributed by atoms with Crippen LogP contribution in [0.4, 0.5) is 5.69 Å². The van der Waals surface area contributed by atoms with Gasteiger partial charge >= 0.3 is 0 Å². The summed E-state index contributed by atoms with van der Waals surface area (Å²) in [5.74, 6) is 0.516. The summed E-state index contributed by atoms with van der Waals surface area (Å²) in [6.45, 7) is 2.46. The van der Waals surface area contributed by atoms with Gasteiger partial charge < -0.3 is 15.0 Å². The summed E-state index contributed by atoms with van der Waals surface area (Å²) in [4.78, 5) is 13.4. The summed E-state index contributed by atoms with van der Waals surface area (Å²) in [6, 6.07) is 15.5. The van der Waals surface area contributed by atoms with Gasteiger partial charge in [-0.05, 0) is 25.1 Å². The number of amides is 1. The van der Waals surface area contributed by atoms with E-state index < -0.39 is 0 Å². The van der Waals surface area contributed by atoms with Crippen molar-refractivity contribution in [1.82, 2.24) is 0 Å². The third-order valence-corrected chi connectivity index (χ3v) is 4.15. The Bertz CT molecular complexity index is 661. The molecule has 0 heterocycles. The lowest BCUT2D eigenvalue weighted by Gasteiger charge is -2.21. The van der Waals surface area contributed by atoms with Crippen molar-refractivity contribution >= 4 is 23.2 Å². The summed E-state index contributed by atoms with van der Waals surface area (Å²) in [5, 5.41) is 3.43. The van der Waals surface area contributed by atoms with E-state index in [9.17, 15) is 4.79 Å². The fourth-order valence-corrected chi connectivity index (χ4v) is 2.58. The quantitative estimate of drug-likeness (QED) is 0.853. The normalized spacial score (nSPS) is 13.2. The van der Waals surface area contributed by atoms with Crippen LogP contribution in [0, 0.1) is 0 Å². The third kappa shape index (κ3) is 4.71. The highest BCUT2D eigenvalue weighted by Crippen LogP contribution is 2.27. The Morgan fingerprint density at radius 3 is 2.61 bits per heavy atom. The van der Waals surface area contributed by atoms with E-state index in [2.05, 4.69) is 24.4 Å². The van der Waals surface area contributed by atoms with Crippen LogP contribution in [0.3, 0.4) is 0 Å². The zero-order chi connectivity index (χ0) is 16.8. The van der Waals surface area contributed by atoms with Crippen LogP contribution in [0.5, 0.6) is 5.75 Å². The van der Waals surface area contributed by atoms with Crippen LogP contribution in [0.15, 0.2) is 48.5 Å². The molecule has 0 aliphatic heterocycles. The number of quaternary nitrogens is 1. The molecular formula is C18H22ClN2O2+. The Balaban J connectivity index is 2.01. The van der Waals surface area contributed by atoms with Crippen LogP contribution in [0.25, 0.3) is 0 Å². The van der Waals surface area contributed by atoms with Crippen molar-refractivity contribution in [3.05, 3.63) is 59.1 Å². The second-order valence-electron chi connectivity index (χ2n) is 5.55. The van der Waals surface area contributed by atoms with Gasteiger partial charge in [0.05, 0.1) is 19.8 Å². The Labute approximate surface area is 142 Å². The SMILES string of the molecule is COc1ccc(Cl)cc1NC(=O)C[NH+](C)[C@H](C)c1ccccc1. The monoisotopic (exact) mass is 333 g/mol. The number of likely N-dealkylation sites (N-methyl/N-ethyl adjacent to an activating group) is 1. The molecule has 2 rings (SSSR count). The summed E-state index contributed by atoms with van der Waals surface area (Å²) < 4.78 is 5.24. The van der Waals surface area contributed by atoms with Crippen molar-refractivity contribution in [3.63, 3.8) is 0 Å². The molecule has 2 aromatic rings. The van der Waals surface area contributed by atoms with Crippen LogP contribution in [0.2, 0.25) is 5.02 Å². The average molecular weight is 334 g/mol. The number of carbonyl (C=O) groups excluding carboxylic acids is 1. The highest BCUT2D eigenvalue weighted by atomic mass is 35.5. The van der Waals surface area contributed by atoms with Gasteiger partial charge in [0.15, 0.2) is 6.54 Å². The molecule has 2 atom stereocenters. The molecule has 1 amide bonds. The van der Waals surface area contributed by atoms with Gasteiger partial charge in [0, 0.05) is 10.6 Å². The minimum Gasteiger partial charge on any atom is -0.495 e. The fraction of sp³-hybridized carbons (Fsp3) is 0.278. The molecule has 0 spiro atoms. The fourth-order valence-electron chi connectivity index (χ4n) is 2.40. The first-order valence-corrected chi connectivity index (χ1v) is 7.89. The van der Waals surface area contributed by atoms with Crippen LogP contribution < -0.4 is 15.0 Å². The molecular weight excluding hydrogens is 312 g/mol. The Morgan fingerprint density at radius 1 is 1.26 bits per heavy atom. The Kier molecular flexibility index (Phi) is 6.02. The van der Waals surface area contributed by atoms with Gasteiger partial charge in [0.25, 0.3) is 5.91 Å². The zero-order valence-corrected chi connectivity index (χ0v) is 14.4. The zero-order valence-electron chi connectivity index (χ0n) is 13.6. The average Bonchev–Trinajstić information content (AvgIpc) is 2.55. The maximum Gasteiger partial charge on any atom is 0.279 e. The molecule has 1 unspecified atom stereocenters. The van der Waals surface area contributed by atoms with Crippen molar-refractivity contribution < 1.29 is 14.4 Å². The summed E-state index contributed by atoms with van der Waals surface area (Å²) in [6.07, 6.45) is 0. The number of halogens is 1. The predicted molar refractivity (Wildman–Crippen MR) is 93.2 cm³/mol. The van der Waals surface area contributed by atoms with E-state index in [0.717, 1.165) is 4.90 Å². The summed E-state index contributed by atoms with van der Waals surface area (Å²) >= 11 is 5.98. The molecule has 0 saturated carbocycles. The number of methoxy groups -OCH3 is 1. The standard InChI is InChI=1S/C18H21ClN2O2/c1-13(14-7-5-4-6-8-14)21(2)12-18(22)20-16-11-15(19)9-10-17(16)23-3/h4-11,13H,12H2,1-3H3,(H,20,22)/p+1/t13-/m1/s1. The highest BCUT2D eigenvalue weighted by molar-refractivity contribution is 6.31. The maximum absolute atomic E-state index is 12.3. The van der Waals surface area contributed by atoms with E-state index in [-0.39, 0.29) is 11.9 Å². The van der Waals surface area contributed by atoms with Crippen LogP contribution >= 0.6 is 11.6 Å². The molecule has 0 aliphatic rings. The lowest BCUT2D eigenvalue weighted by atomic mass is 10.1. The lowest BCUT2D eigenvalue weighted by Crippen LogP contribution is -3.10. The van der Waals surface area contributed by atoms with Crippen LogP contribution in [0.1, 0.15) is 18.5 Å². The largest absolute Gasteiger partial charge is 0.495 e. The van der Waals surface area contributed by atoms with Crippen molar-refractivity contribution in [1.29, 1.82) is 0 Å². The van der Waals surface area contributed by atoms with E-state index in [1.807, 2.05) is 25.2 Å². The number of nitrogens with one attached hydrogen (secondary N) is 2. The van der Waals surface area contributed by atoms with Gasteiger partial charge in [-0.1, -0.05) is 41.9 Å². The smallest absolute Gasteiger partial charge is 0.279 e. The molecule has 2 N–H and O–H groups in total. The van der Waals surface area contributed by atoms with Crippen molar-refractivity contribution in [3.8, 4) is 5.75 Å². The molecule has 122 valence electrons. The molecule has 0 radical (unpaired) electrons. The molecule has 0 bridgehead atoms. The van der Waals surface area contributed by atoms with E-state index >= 15 is 0 Å². The molecule has 0 saturated heterocycles. The number of benzene rings is 2. The summed E-state index contributed by atoms with van der Waals surface area (Å²) in [7, 11) is 3.57. The van der Waals surface area contributed by atoms with Gasteiger partial charge in [0.1, 0.15) is 11.8 Å². The third-order valence-electron chi connectivity index (χ3n) is 3.91. The van der Waals surface area contributed by atoms with E-state index in [1.54, 1.807) is 25.3 Å². The van der Waals surface area contributed by atoms with E-state index in [4.69, 9.17) is 16.3 Å². The predicted octanol–water partition coefficient (Wildman–Crippen LogP) is 2.56. The van der Waals surface area contributed by atoms with Gasteiger partial charge in [0.2, 0.25) is 0 Å². The van der Waals surface area contributed by atoms with Crippen LogP contribution in [-0.2, 0) is 4.79 Å². The van der Waals surface area contributed by atoms with Gasteiger partial charge in [-0.2, -0.15) is 0 Å². The maximum atomic E-state index is 12.3. The van der Waals surface area contributed by atoms with E-state index in [1.165, 1.54) is 5.56 Å². The first-order valence-electron chi connectivity index (χ1n) is 7.52. The Hall–Kier alpha value is -2.04. The molecule has 5 heteroatoms. The molecule has 0 aliphatic carbocycles. The number of ether oxygens (including phenoxy) is 1. The minimum absolute atomic E-state index is 0.0779. The highest BCUT2D eigenvalue weighted by Gasteiger charge is 2.19. The minimum atomic E-state index is -0.0779. The second-order valence-corrected chi connectivity index (χ2v) is 5.98. The number of anilines is 1. The summed E-state index contributed by atoms with van der Waals surface area (Å²) in [5.41, 5.74) is 1.79. The molecule has 2 aromatic carbocycles. The second kappa shape index (κ2) is 7.99. The van der Waals surface area contributed by atoms with Crippen molar-refractivity contribution in [2.45, 2.75) is 13.0 Å². The van der Waals surface area contributed by atoms with Gasteiger partial charge in [-0.15, -0.1) is 0 Å². The molecule has 0 fully saturated rings. The molecule has 4 nitrogen and oxygen atoms in total. The Morgan fingerprint density at radius 2 is 1.96 bits per heavy atom. The number of carbonyl (C=O) groups is 1. The van der Waals surface area contributed by atoms with Crippen LogP contribution in [-0.4, -0.2) is 26.6 Å². The first-order chi connectivity index (χ1) is 11.0. The topological polar surface area (TPSA) is 42.8 Å².